The first-order valence-corrected chi connectivity index (χ1v) is 7.91. The second-order valence-electron chi connectivity index (χ2n) is 5.21. The highest BCUT2D eigenvalue weighted by Crippen LogP contribution is 2.26. The number of hydrogen-bond acceptors (Lipinski definition) is 2. The SMILES string of the molecule is C[C@@H](c1ccc(Br)cc1)N1CC=C(c2ccccc2)OC1. The number of rotatable bonds is 3. The van der Waals surface area contributed by atoms with E-state index in [4.69, 9.17) is 4.74 Å². The summed E-state index contributed by atoms with van der Waals surface area (Å²) >= 11 is 3.48. The Kier molecular flexibility index (Phi) is 4.42. The smallest absolute Gasteiger partial charge is 0.142 e. The summed E-state index contributed by atoms with van der Waals surface area (Å²) in [6.45, 7) is 3.74. The molecule has 0 amide bonds. The van der Waals surface area contributed by atoms with Gasteiger partial charge in [-0.1, -0.05) is 58.4 Å². The summed E-state index contributed by atoms with van der Waals surface area (Å²) in [6.07, 6.45) is 2.16. The Morgan fingerprint density at radius 3 is 2.38 bits per heavy atom. The van der Waals surface area contributed by atoms with Gasteiger partial charge in [-0.2, -0.15) is 0 Å². The molecular weight excluding hydrogens is 326 g/mol. The highest BCUT2D eigenvalue weighted by Gasteiger charge is 2.19. The summed E-state index contributed by atoms with van der Waals surface area (Å²) in [4.78, 5) is 2.32. The maximum absolute atomic E-state index is 5.92. The molecule has 2 nitrogen and oxygen atoms in total. The van der Waals surface area contributed by atoms with E-state index in [1.165, 1.54) is 5.56 Å². The van der Waals surface area contributed by atoms with Gasteiger partial charge < -0.3 is 4.74 Å². The van der Waals surface area contributed by atoms with Crippen molar-refractivity contribution in [2.45, 2.75) is 13.0 Å². The zero-order chi connectivity index (χ0) is 14.7. The first-order valence-electron chi connectivity index (χ1n) is 7.12. The van der Waals surface area contributed by atoms with E-state index < -0.39 is 0 Å². The third-order valence-electron chi connectivity index (χ3n) is 3.86. The van der Waals surface area contributed by atoms with E-state index in [0.29, 0.717) is 12.8 Å². The maximum atomic E-state index is 5.92. The van der Waals surface area contributed by atoms with E-state index in [1.54, 1.807) is 0 Å². The van der Waals surface area contributed by atoms with Gasteiger partial charge in [0.15, 0.2) is 0 Å². The molecule has 1 aliphatic heterocycles. The third kappa shape index (κ3) is 3.36. The Labute approximate surface area is 134 Å². The average Bonchev–Trinajstić information content (AvgIpc) is 2.56. The standard InChI is InChI=1S/C18H18BrNO/c1-14(15-7-9-17(19)10-8-15)20-12-11-18(21-13-20)16-5-3-2-4-6-16/h2-11,14H,12-13H2,1H3/t14-/m0/s1. The molecule has 0 saturated heterocycles. The molecule has 3 rings (SSSR count). The molecule has 0 aliphatic carbocycles. The van der Waals surface area contributed by atoms with Crippen molar-refractivity contribution in [2.75, 3.05) is 13.3 Å². The molecule has 0 unspecified atom stereocenters. The third-order valence-corrected chi connectivity index (χ3v) is 4.38. The van der Waals surface area contributed by atoms with Crippen LogP contribution >= 0.6 is 15.9 Å². The molecular formula is C18H18BrNO. The number of benzene rings is 2. The lowest BCUT2D eigenvalue weighted by Crippen LogP contribution is -2.32. The summed E-state index contributed by atoms with van der Waals surface area (Å²) in [5.41, 5.74) is 2.45. The van der Waals surface area contributed by atoms with Crippen molar-refractivity contribution in [1.82, 2.24) is 4.90 Å². The molecule has 108 valence electrons. The summed E-state index contributed by atoms with van der Waals surface area (Å²) in [7, 11) is 0. The molecule has 1 heterocycles. The fourth-order valence-corrected chi connectivity index (χ4v) is 2.75. The van der Waals surface area contributed by atoms with E-state index in [2.05, 4.69) is 70.2 Å². The predicted molar refractivity (Wildman–Crippen MR) is 89.6 cm³/mol. The lowest BCUT2D eigenvalue weighted by atomic mass is 10.1. The summed E-state index contributed by atoms with van der Waals surface area (Å²) in [5, 5.41) is 0. The Balaban J connectivity index is 1.70. The zero-order valence-electron chi connectivity index (χ0n) is 12.0. The molecule has 2 aromatic rings. The lowest BCUT2D eigenvalue weighted by Gasteiger charge is -2.32. The van der Waals surface area contributed by atoms with Crippen LogP contribution < -0.4 is 0 Å². The van der Waals surface area contributed by atoms with Gasteiger partial charge in [0.1, 0.15) is 12.5 Å². The van der Waals surface area contributed by atoms with Crippen molar-refractivity contribution in [3.63, 3.8) is 0 Å². The highest BCUT2D eigenvalue weighted by molar-refractivity contribution is 9.10. The summed E-state index contributed by atoms with van der Waals surface area (Å²) < 4.78 is 7.03. The topological polar surface area (TPSA) is 12.5 Å². The van der Waals surface area contributed by atoms with E-state index in [0.717, 1.165) is 22.3 Å². The zero-order valence-corrected chi connectivity index (χ0v) is 13.6. The van der Waals surface area contributed by atoms with Crippen LogP contribution in [-0.4, -0.2) is 18.2 Å². The van der Waals surface area contributed by atoms with Crippen molar-refractivity contribution < 1.29 is 4.74 Å². The molecule has 0 bridgehead atoms. The van der Waals surface area contributed by atoms with E-state index in [9.17, 15) is 0 Å². The van der Waals surface area contributed by atoms with Gasteiger partial charge in [0, 0.05) is 22.6 Å². The van der Waals surface area contributed by atoms with Crippen LogP contribution in [-0.2, 0) is 4.74 Å². The van der Waals surface area contributed by atoms with Gasteiger partial charge in [-0.05, 0) is 30.7 Å². The van der Waals surface area contributed by atoms with Crippen LogP contribution in [0.2, 0.25) is 0 Å². The normalized spacial score (nSPS) is 17.0. The fourth-order valence-electron chi connectivity index (χ4n) is 2.49. The quantitative estimate of drug-likeness (QED) is 0.790. The Hall–Kier alpha value is -1.58. The largest absolute Gasteiger partial charge is 0.478 e. The van der Waals surface area contributed by atoms with Gasteiger partial charge >= 0.3 is 0 Å². The van der Waals surface area contributed by atoms with Crippen LogP contribution in [0.25, 0.3) is 5.76 Å². The molecule has 2 aromatic carbocycles. The number of halogens is 1. The van der Waals surface area contributed by atoms with E-state index >= 15 is 0 Å². The van der Waals surface area contributed by atoms with Gasteiger partial charge in [0.05, 0.1) is 0 Å². The second kappa shape index (κ2) is 6.46. The van der Waals surface area contributed by atoms with Crippen molar-refractivity contribution in [3.8, 4) is 0 Å². The first kappa shape index (κ1) is 14.4. The van der Waals surface area contributed by atoms with Gasteiger partial charge in [0.25, 0.3) is 0 Å². The highest BCUT2D eigenvalue weighted by atomic mass is 79.9. The van der Waals surface area contributed by atoms with E-state index in [-0.39, 0.29) is 0 Å². The predicted octanol–water partition coefficient (Wildman–Crippen LogP) is 4.84. The molecule has 1 atom stereocenters. The fraction of sp³-hybridized carbons (Fsp3) is 0.222. The molecule has 3 heteroatoms. The first-order chi connectivity index (χ1) is 10.2. The van der Waals surface area contributed by atoms with Crippen LogP contribution in [0, 0.1) is 0 Å². The van der Waals surface area contributed by atoms with Gasteiger partial charge in [-0.3, -0.25) is 4.90 Å². The number of ether oxygens (including phenoxy) is 1. The van der Waals surface area contributed by atoms with Crippen LogP contribution in [0.3, 0.4) is 0 Å². The Morgan fingerprint density at radius 1 is 1.05 bits per heavy atom. The van der Waals surface area contributed by atoms with Crippen molar-refractivity contribution in [3.05, 3.63) is 76.3 Å². The minimum Gasteiger partial charge on any atom is -0.478 e. The number of hydrogen-bond donors (Lipinski definition) is 0. The van der Waals surface area contributed by atoms with Gasteiger partial charge in [0.2, 0.25) is 0 Å². The monoisotopic (exact) mass is 343 g/mol. The molecule has 21 heavy (non-hydrogen) atoms. The van der Waals surface area contributed by atoms with E-state index in [1.807, 2.05) is 18.2 Å². The molecule has 0 radical (unpaired) electrons. The molecule has 0 spiro atoms. The van der Waals surface area contributed by atoms with Gasteiger partial charge in [-0.15, -0.1) is 0 Å². The minimum atomic E-state index is 0.340. The van der Waals surface area contributed by atoms with Crippen LogP contribution in [0.1, 0.15) is 24.1 Å². The Morgan fingerprint density at radius 2 is 1.76 bits per heavy atom. The lowest BCUT2D eigenvalue weighted by molar-refractivity contribution is 0.0690. The molecule has 1 aliphatic rings. The maximum Gasteiger partial charge on any atom is 0.142 e. The molecule has 0 N–H and O–H groups in total. The summed E-state index contributed by atoms with van der Waals surface area (Å²) in [6, 6.07) is 19.1. The van der Waals surface area contributed by atoms with Crippen molar-refractivity contribution >= 4 is 21.7 Å². The average molecular weight is 344 g/mol. The van der Waals surface area contributed by atoms with Crippen LogP contribution in [0.15, 0.2) is 65.1 Å². The van der Waals surface area contributed by atoms with Gasteiger partial charge in [-0.25, -0.2) is 0 Å². The van der Waals surface area contributed by atoms with Crippen molar-refractivity contribution in [1.29, 1.82) is 0 Å². The second-order valence-corrected chi connectivity index (χ2v) is 6.12. The molecule has 0 aromatic heterocycles. The number of nitrogens with zero attached hydrogens (tertiary/aromatic N) is 1. The molecule has 0 fully saturated rings. The summed E-state index contributed by atoms with van der Waals surface area (Å²) in [5.74, 6) is 0.981. The molecule has 0 saturated carbocycles. The van der Waals surface area contributed by atoms with Crippen LogP contribution in [0.4, 0.5) is 0 Å². The Bertz CT molecular complexity index is 621. The van der Waals surface area contributed by atoms with Crippen LogP contribution in [0.5, 0.6) is 0 Å². The van der Waals surface area contributed by atoms with Crippen molar-refractivity contribution in [2.24, 2.45) is 0 Å². The minimum absolute atomic E-state index is 0.340.